The summed E-state index contributed by atoms with van der Waals surface area (Å²) in [6.07, 6.45) is -0.962. The van der Waals surface area contributed by atoms with Crippen molar-refractivity contribution < 1.29 is 13.5 Å². The van der Waals surface area contributed by atoms with Crippen molar-refractivity contribution in [1.82, 2.24) is 4.90 Å². The van der Waals surface area contributed by atoms with Gasteiger partial charge in [0.2, 0.25) is 0 Å². The van der Waals surface area contributed by atoms with Crippen LogP contribution < -0.4 is 0 Å². The zero-order chi connectivity index (χ0) is 10.7. The van der Waals surface area contributed by atoms with Crippen LogP contribution in [-0.4, -0.2) is 43.2 Å². The van der Waals surface area contributed by atoms with E-state index in [0.717, 1.165) is 6.42 Å². The highest BCUT2D eigenvalue weighted by atomic mass is 19.3. The predicted octanol–water partition coefficient (Wildman–Crippen LogP) is 2.14. The Balaban J connectivity index is 2.57. The van der Waals surface area contributed by atoms with Gasteiger partial charge < -0.3 is 4.74 Å². The van der Waals surface area contributed by atoms with Crippen LogP contribution in [0.25, 0.3) is 0 Å². The van der Waals surface area contributed by atoms with Crippen molar-refractivity contribution >= 4 is 0 Å². The van der Waals surface area contributed by atoms with E-state index in [-0.39, 0.29) is 12.1 Å². The van der Waals surface area contributed by atoms with Crippen LogP contribution in [0.1, 0.15) is 26.7 Å². The van der Waals surface area contributed by atoms with Crippen molar-refractivity contribution in [1.29, 1.82) is 0 Å². The maximum absolute atomic E-state index is 12.7. The average Bonchev–Trinajstić information content (AvgIpc) is 2.11. The smallest absolute Gasteiger partial charge is 0.253 e. The maximum atomic E-state index is 12.7. The molecule has 0 radical (unpaired) electrons. The van der Waals surface area contributed by atoms with E-state index >= 15 is 0 Å². The molecule has 1 heterocycles. The Hall–Kier alpha value is -0.220. The van der Waals surface area contributed by atoms with Crippen molar-refractivity contribution in [2.75, 3.05) is 13.7 Å². The monoisotopic (exact) mass is 207 g/mol. The molecule has 1 saturated heterocycles. The summed E-state index contributed by atoms with van der Waals surface area (Å²) in [5, 5.41) is 0. The molecule has 14 heavy (non-hydrogen) atoms. The standard InChI is InChI=1S/C10H19F2NO/c1-4-14-8-5-7(2)13(3)9(6-8)10(11)12/h7-10H,4-6H2,1-3H3/t7-,8-,9+/m1/s1. The minimum Gasteiger partial charge on any atom is -0.378 e. The minimum absolute atomic E-state index is 0.00481. The second-order valence-electron chi connectivity index (χ2n) is 3.97. The van der Waals surface area contributed by atoms with E-state index in [9.17, 15) is 8.78 Å². The SMILES string of the molecule is CCO[C@@H]1C[C@@H](C)N(C)[C@H](C(F)F)C1. The van der Waals surface area contributed by atoms with Gasteiger partial charge in [-0.25, -0.2) is 8.78 Å². The predicted molar refractivity (Wildman–Crippen MR) is 51.7 cm³/mol. The van der Waals surface area contributed by atoms with Gasteiger partial charge in [0.05, 0.1) is 12.1 Å². The van der Waals surface area contributed by atoms with E-state index in [1.807, 2.05) is 13.8 Å². The van der Waals surface area contributed by atoms with Gasteiger partial charge in [-0.1, -0.05) is 0 Å². The molecule has 0 aromatic heterocycles. The summed E-state index contributed by atoms with van der Waals surface area (Å²) < 4.78 is 30.7. The molecule has 0 bridgehead atoms. The zero-order valence-electron chi connectivity index (χ0n) is 9.04. The van der Waals surface area contributed by atoms with Gasteiger partial charge in [0.25, 0.3) is 6.43 Å². The van der Waals surface area contributed by atoms with Crippen molar-refractivity contribution in [2.45, 2.75) is 51.3 Å². The first-order chi connectivity index (χ1) is 6.56. The van der Waals surface area contributed by atoms with E-state index in [0.29, 0.717) is 13.0 Å². The highest BCUT2D eigenvalue weighted by Gasteiger charge is 2.36. The molecule has 0 unspecified atom stereocenters. The van der Waals surface area contributed by atoms with Crippen LogP contribution in [0.3, 0.4) is 0 Å². The van der Waals surface area contributed by atoms with Crippen LogP contribution >= 0.6 is 0 Å². The molecule has 84 valence electrons. The van der Waals surface area contributed by atoms with Gasteiger partial charge in [-0.2, -0.15) is 0 Å². The lowest BCUT2D eigenvalue weighted by molar-refractivity contribution is -0.0695. The molecular formula is C10H19F2NO. The Labute approximate surface area is 84.2 Å². The Kier molecular flexibility index (Phi) is 4.26. The Morgan fingerprint density at radius 2 is 2.07 bits per heavy atom. The van der Waals surface area contributed by atoms with Crippen molar-refractivity contribution in [3.63, 3.8) is 0 Å². The van der Waals surface area contributed by atoms with Crippen LogP contribution in [0.2, 0.25) is 0 Å². The summed E-state index contributed by atoms with van der Waals surface area (Å²) in [5.41, 5.74) is 0. The van der Waals surface area contributed by atoms with Gasteiger partial charge in [0, 0.05) is 12.6 Å². The largest absolute Gasteiger partial charge is 0.378 e. The third-order valence-electron chi connectivity index (χ3n) is 3.02. The normalized spacial score (nSPS) is 35.1. The fourth-order valence-corrected chi connectivity index (χ4v) is 2.06. The van der Waals surface area contributed by atoms with Gasteiger partial charge >= 0.3 is 0 Å². The van der Waals surface area contributed by atoms with E-state index < -0.39 is 12.5 Å². The number of likely N-dealkylation sites (tertiary alicyclic amines) is 1. The first-order valence-corrected chi connectivity index (χ1v) is 5.18. The Bertz CT molecular complexity index is 178. The lowest BCUT2D eigenvalue weighted by atomic mass is 9.94. The number of ether oxygens (including phenoxy) is 1. The van der Waals surface area contributed by atoms with Crippen molar-refractivity contribution in [3.05, 3.63) is 0 Å². The van der Waals surface area contributed by atoms with Crippen LogP contribution in [0, 0.1) is 0 Å². The second-order valence-corrected chi connectivity index (χ2v) is 3.97. The quantitative estimate of drug-likeness (QED) is 0.703. The molecule has 0 aliphatic carbocycles. The molecule has 0 saturated carbocycles. The first kappa shape index (κ1) is 11.9. The zero-order valence-corrected chi connectivity index (χ0v) is 9.04. The topological polar surface area (TPSA) is 12.5 Å². The molecule has 1 rings (SSSR count). The number of hydrogen-bond donors (Lipinski definition) is 0. The summed E-state index contributed by atoms with van der Waals surface area (Å²) in [4.78, 5) is 1.76. The van der Waals surface area contributed by atoms with Crippen LogP contribution in [0.5, 0.6) is 0 Å². The molecule has 3 atom stereocenters. The third-order valence-corrected chi connectivity index (χ3v) is 3.02. The molecule has 0 spiro atoms. The van der Waals surface area contributed by atoms with Gasteiger partial charge in [0.15, 0.2) is 0 Å². The van der Waals surface area contributed by atoms with Crippen LogP contribution in [-0.2, 0) is 4.74 Å². The molecule has 2 nitrogen and oxygen atoms in total. The Morgan fingerprint density at radius 1 is 1.43 bits per heavy atom. The fourth-order valence-electron chi connectivity index (χ4n) is 2.06. The lowest BCUT2D eigenvalue weighted by Gasteiger charge is -2.41. The van der Waals surface area contributed by atoms with E-state index in [1.165, 1.54) is 0 Å². The third kappa shape index (κ3) is 2.64. The summed E-state index contributed by atoms with van der Waals surface area (Å²) in [7, 11) is 1.77. The van der Waals surface area contributed by atoms with Gasteiger partial charge in [-0.15, -0.1) is 0 Å². The van der Waals surface area contributed by atoms with Gasteiger partial charge in [0.1, 0.15) is 0 Å². The minimum atomic E-state index is -2.27. The van der Waals surface area contributed by atoms with E-state index in [4.69, 9.17) is 4.74 Å². The summed E-state index contributed by atoms with van der Waals surface area (Å²) >= 11 is 0. The van der Waals surface area contributed by atoms with Gasteiger partial charge in [-0.3, -0.25) is 4.90 Å². The fraction of sp³-hybridized carbons (Fsp3) is 1.00. The first-order valence-electron chi connectivity index (χ1n) is 5.18. The average molecular weight is 207 g/mol. The van der Waals surface area contributed by atoms with Crippen LogP contribution in [0.15, 0.2) is 0 Å². The molecule has 1 fully saturated rings. The second kappa shape index (κ2) is 5.03. The highest BCUT2D eigenvalue weighted by Crippen LogP contribution is 2.27. The van der Waals surface area contributed by atoms with Gasteiger partial charge in [-0.05, 0) is 33.7 Å². The molecular weight excluding hydrogens is 188 g/mol. The van der Waals surface area contributed by atoms with Crippen molar-refractivity contribution in [3.8, 4) is 0 Å². The van der Waals surface area contributed by atoms with E-state index in [1.54, 1.807) is 11.9 Å². The molecule has 1 aliphatic heterocycles. The number of hydrogen-bond acceptors (Lipinski definition) is 2. The Morgan fingerprint density at radius 3 is 2.57 bits per heavy atom. The highest BCUT2D eigenvalue weighted by molar-refractivity contribution is 4.86. The lowest BCUT2D eigenvalue weighted by Crippen LogP contribution is -2.51. The summed E-state index contributed by atoms with van der Waals surface area (Å²) in [6, 6.07) is -0.463. The van der Waals surface area contributed by atoms with E-state index in [2.05, 4.69) is 0 Å². The van der Waals surface area contributed by atoms with Crippen molar-refractivity contribution in [2.24, 2.45) is 0 Å². The molecule has 0 aromatic carbocycles. The van der Waals surface area contributed by atoms with Crippen LogP contribution in [0.4, 0.5) is 8.78 Å². The molecule has 4 heteroatoms. The molecule has 0 amide bonds. The number of alkyl halides is 2. The molecule has 0 aromatic rings. The number of rotatable bonds is 3. The molecule has 1 aliphatic rings. The number of halogens is 2. The summed E-state index contributed by atoms with van der Waals surface area (Å²) in [5.74, 6) is 0. The molecule has 0 N–H and O–H groups in total. The number of nitrogens with zero attached hydrogens (tertiary/aromatic N) is 1. The number of piperidine rings is 1. The summed E-state index contributed by atoms with van der Waals surface area (Å²) in [6.45, 7) is 4.48. The maximum Gasteiger partial charge on any atom is 0.253 e.